The van der Waals surface area contributed by atoms with Gasteiger partial charge in [-0.1, -0.05) is 13.8 Å². The van der Waals surface area contributed by atoms with Gasteiger partial charge in [-0.2, -0.15) is 0 Å². The smallest absolute Gasteiger partial charge is 0.230 e. The Morgan fingerprint density at radius 1 is 1.53 bits per heavy atom. The summed E-state index contributed by atoms with van der Waals surface area (Å²) in [4.78, 5) is 12.6. The van der Waals surface area contributed by atoms with Crippen LogP contribution in [0.1, 0.15) is 33.1 Å². The van der Waals surface area contributed by atoms with Gasteiger partial charge >= 0.3 is 0 Å². The summed E-state index contributed by atoms with van der Waals surface area (Å²) >= 11 is 0. The first-order valence-electron chi connectivity index (χ1n) is 7.42. The Hall–Kier alpha value is -0.650. The van der Waals surface area contributed by atoms with Gasteiger partial charge in [0.15, 0.2) is 0 Å². The average molecular weight is 269 g/mol. The lowest BCUT2D eigenvalue weighted by atomic mass is 9.74. The maximum absolute atomic E-state index is 12.6. The van der Waals surface area contributed by atoms with E-state index in [4.69, 9.17) is 10.5 Å². The van der Waals surface area contributed by atoms with Crippen LogP contribution in [0.3, 0.4) is 0 Å². The largest absolute Gasteiger partial charge is 0.380 e. The van der Waals surface area contributed by atoms with Gasteiger partial charge in [0.05, 0.1) is 12.0 Å². The van der Waals surface area contributed by atoms with Crippen molar-refractivity contribution in [2.24, 2.45) is 17.1 Å². The number of carbonyl (C=O) groups excluding carboxylic acids is 1. The SMILES string of the molecule is CCC(N)(CC)CNC(=O)[C@]12CNC[C@H]1CCOC2. The topological polar surface area (TPSA) is 76.4 Å². The quantitative estimate of drug-likeness (QED) is 0.668. The first-order chi connectivity index (χ1) is 9.06. The van der Waals surface area contributed by atoms with E-state index >= 15 is 0 Å². The van der Waals surface area contributed by atoms with E-state index in [9.17, 15) is 4.79 Å². The molecule has 2 aliphatic rings. The Balaban J connectivity index is 1.99. The average Bonchev–Trinajstić information content (AvgIpc) is 2.89. The highest BCUT2D eigenvalue weighted by molar-refractivity contribution is 5.84. The maximum Gasteiger partial charge on any atom is 0.230 e. The fourth-order valence-electron chi connectivity index (χ4n) is 3.10. The predicted octanol–water partition coefficient (Wildman–Crippen LogP) is 0.246. The van der Waals surface area contributed by atoms with Gasteiger partial charge in [0.1, 0.15) is 0 Å². The van der Waals surface area contributed by atoms with Gasteiger partial charge in [0.25, 0.3) is 0 Å². The van der Waals surface area contributed by atoms with Crippen LogP contribution < -0.4 is 16.4 Å². The van der Waals surface area contributed by atoms with Crippen molar-refractivity contribution in [1.82, 2.24) is 10.6 Å². The molecule has 0 saturated carbocycles. The van der Waals surface area contributed by atoms with Crippen LogP contribution in [-0.4, -0.2) is 44.3 Å². The highest BCUT2D eigenvalue weighted by Gasteiger charge is 2.51. The summed E-state index contributed by atoms with van der Waals surface area (Å²) in [5.74, 6) is 0.510. The molecule has 2 atom stereocenters. The zero-order chi connectivity index (χ0) is 13.9. The number of nitrogens with one attached hydrogen (secondary N) is 2. The number of ether oxygens (including phenoxy) is 1. The molecule has 0 bridgehead atoms. The van der Waals surface area contributed by atoms with E-state index in [1.807, 2.05) is 0 Å². The fourth-order valence-corrected chi connectivity index (χ4v) is 3.10. The van der Waals surface area contributed by atoms with Crippen molar-refractivity contribution in [3.63, 3.8) is 0 Å². The highest BCUT2D eigenvalue weighted by atomic mass is 16.5. The van der Waals surface area contributed by atoms with Crippen LogP contribution in [0.15, 0.2) is 0 Å². The van der Waals surface area contributed by atoms with E-state index in [2.05, 4.69) is 24.5 Å². The summed E-state index contributed by atoms with van der Waals surface area (Å²) in [6, 6.07) is 0. The van der Waals surface area contributed by atoms with Crippen molar-refractivity contribution in [2.75, 3.05) is 32.8 Å². The molecule has 2 aliphatic heterocycles. The molecule has 0 aliphatic carbocycles. The summed E-state index contributed by atoms with van der Waals surface area (Å²) in [5, 5.41) is 6.41. The van der Waals surface area contributed by atoms with Gasteiger partial charge in [0, 0.05) is 25.2 Å². The molecule has 110 valence electrons. The van der Waals surface area contributed by atoms with Crippen LogP contribution in [0.25, 0.3) is 0 Å². The van der Waals surface area contributed by atoms with Crippen LogP contribution in [-0.2, 0) is 9.53 Å². The third-order valence-corrected chi connectivity index (χ3v) is 5.04. The summed E-state index contributed by atoms with van der Waals surface area (Å²) in [6.45, 7) is 7.63. The van der Waals surface area contributed by atoms with Crippen molar-refractivity contribution >= 4 is 5.91 Å². The molecule has 2 saturated heterocycles. The minimum Gasteiger partial charge on any atom is -0.380 e. The van der Waals surface area contributed by atoms with E-state index in [0.29, 0.717) is 19.1 Å². The lowest BCUT2D eigenvalue weighted by Gasteiger charge is -2.38. The summed E-state index contributed by atoms with van der Waals surface area (Å²) in [5.41, 5.74) is 5.58. The van der Waals surface area contributed by atoms with Crippen molar-refractivity contribution in [2.45, 2.75) is 38.6 Å². The van der Waals surface area contributed by atoms with Gasteiger partial charge in [0.2, 0.25) is 5.91 Å². The van der Waals surface area contributed by atoms with Crippen molar-refractivity contribution in [3.05, 3.63) is 0 Å². The van der Waals surface area contributed by atoms with Crippen molar-refractivity contribution in [3.8, 4) is 0 Å². The molecule has 5 nitrogen and oxygen atoms in total. The zero-order valence-electron chi connectivity index (χ0n) is 12.1. The third-order valence-electron chi connectivity index (χ3n) is 5.04. The summed E-state index contributed by atoms with van der Waals surface area (Å²) in [7, 11) is 0. The van der Waals surface area contributed by atoms with Crippen LogP contribution in [0.4, 0.5) is 0 Å². The maximum atomic E-state index is 12.6. The van der Waals surface area contributed by atoms with Crippen LogP contribution in [0, 0.1) is 11.3 Å². The molecule has 1 amide bonds. The van der Waals surface area contributed by atoms with Gasteiger partial charge in [-0.05, 0) is 31.7 Å². The van der Waals surface area contributed by atoms with E-state index in [1.165, 1.54) is 0 Å². The van der Waals surface area contributed by atoms with Crippen LogP contribution in [0.2, 0.25) is 0 Å². The van der Waals surface area contributed by atoms with Gasteiger partial charge in [-0.3, -0.25) is 4.79 Å². The number of amides is 1. The number of carbonyl (C=O) groups is 1. The number of rotatable bonds is 5. The minimum absolute atomic E-state index is 0.110. The molecule has 2 heterocycles. The summed E-state index contributed by atoms with van der Waals surface area (Å²) in [6.07, 6.45) is 2.71. The predicted molar refractivity (Wildman–Crippen MR) is 74.7 cm³/mol. The number of hydrogen-bond acceptors (Lipinski definition) is 4. The molecule has 0 radical (unpaired) electrons. The minimum atomic E-state index is -0.374. The molecule has 0 aromatic heterocycles. The lowest BCUT2D eigenvalue weighted by molar-refractivity contribution is -0.141. The second kappa shape index (κ2) is 5.77. The highest BCUT2D eigenvalue weighted by Crippen LogP contribution is 2.37. The standard InChI is InChI=1S/C14H27N3O2/c1-3-13(15,4-2)8-17-12(18)14-9-16-7-11(14)5-6-19-10-14/h11,16H,3-10,15H2,1-2H3,(H,17,18)/t11-,14+/m1/s1. The second-order valence-electron chi connectivity index (χ2n) is 6.08. The molecular weight excluding hydrogens is 242 g/mol. The van der Waals surface area contributed by atoms with E-state index in [0.717, 1.165) is 39.0 Å². The monoisotopic (exact) mass is 269 g/mol. The molecule has 0 spiro atoms. The Kier molecular flexibility index (Phi) is 4.48. The molecule has 19 heavy (non-hydrogen) atoms. The van der Waals surface area contributed by atoms with Crippen LogP contribution in [0.5, 0.6) is 0 Å². The zero-order valence-corrected chi connectivity index (χ0v) is 12.1. The lowest BCUT2D eigenvalue weighted by Crippen LogP contribution is -2.56. The molecule has 4 N–H and O–H groups in total. The van der Waals surface area contributed by atoms with Gasteiger partial charge < -0.3 is 21.1 Å². The Labute approximate surface area is 115 Å². The van der Waals surface area contributed by atoms with E-state index in [1.54, 1.807) is 0 Å². The normalized spacial score (nSPS) is 31.0. The van der Waals surface area contributed by atoms with Crippen molar-refractivity contribution < 1.29 is 9.53 Å². The second-order valence-corrected chi connectivity index (χ2v) is 6.08. The molecule has 0 aromatic carbocycles. The Bertz CT molecular complexity index is 331. The Morgan fingerprint density at radius 3 is 2.95 bits per heavy atom. The van der Waals surface area contributed by atoms with E-state index in [-0.39, 0.29) is 16.9 Å². The van der Waals surface area contributed by atoms with Crippen LogP contribution >= 0.6 is 0 Å². The number of fused-ring (bicyclic) bond motifs is 1. The van der Waals surface area contributed by atoms with Crippen molar-refractivity contribution in [1.29, 1.82) is 0 Å². The molecule has 0 aromatic rings. The fraction of sp³-hybridized carbons (Fsp3) is 0.929. The summed E-state index contributed by atoms with van der Waals surface area (Å²) < 4.78 is 5.56. The Morgan fingerprint density at radius 2 is 2.26 bits per heavy atom. The molecule has 2 rings (SSSR count). The van der Waals surface area contributed by atoms with Gasteiger partial charge in [-0.25, -0.2) is 0 Å². The van der Waals surface area contributed by atoms with Gasteiger partial charge in [-0.15, -0.1) is 0 Å². The number of nitrogens with two attached hydrogens (primary N) is 1. The third kappa shape index (κ3) is 2.78. The molecular formula is C14H27N3O2. The first-order valence-corrected chi connectivity index (χ1v) is 7.42. The first kappa shape index (κ1) is 14.8. The molecule has 5 heteroatoms. The van der Waals surface area contributed by atoms with E-state index < -0.39 is 0 Å². The number of hydrogen-bond donors (Lipinski definition) is 3. The molecule has 0 unspecified atom stereocenters. The molecule has 2 fully saturated rings.